The molecule has 56 heavy (non-hydrogen) atoms. The number of fused-ring (bicyclic) bond motifs is 2. The van der Waals surface area contributed by atoms with Crippen molar-refractivity contribution in [2.45, 2.75) is 44.3 Å². The van der Waals surface area contributed by atoms with Crippen molar-refractivity contribution >= 4 is 52.1 Å². The molecule has 8 rings (SSSR count). The molecule has 4 aliphatic heterocycles. The van der Waals surface area contributed by atoms with Crippen molar-refractivity contribution in [2.24, 2.45) is 0 Å². The maximum atomic E-state index is 15.4. The number of carbonyl (C=O) groups is 4. The van der Waals surface area contributed by atoms with Gasteiger partial charge in [0.05, 0.1) is 53.0 Å². The third-order valence-corrected chi connectivity index (χ3v) is 10.7. The molecule has 1 atom stereocenters. The van der Waals surface area contributed by atoms with Gasteiger partial charge in [0, 0.05) is 74.3 Å². The van der Waals surface area contributed by atoms with Crippen LogP contribution in [0.1, 0.15) is 57.7 Å². The third-order valence-electron chi connectivity index (χ3n) is 10.7. The van der Waals surface area contributed by atoms with Crippen LogP contribution in [0.4, 0.5) is 14.5 Å². The van der Waals surface area contributed by atoms with E-state index in [9.17, 15) is 19.2 Å². The normalized spacial score (nSPS) is 20.0. The number of hydrogen-bond acceptors (Lipinski definition) is 12. The number of piperidine rings is 2. The third kappa shape index (κ3) is 7.25. The molecule has 3 fully saturated rings. The van der Waals surface area contributed by atoms with Crippen LogP contribution in [0.3, 0.4) is 0 Å². The number of amides is 4. The fraction of sp³-hybridized carbons (Fsp3) is 0.325. The minimum Gasteiger partial charge on any atom is -0.387 e. The highest BCUT2D eigenvalue weighted by Crippen LogP contribution is 2.34. The summed E-state index contributed by atoms with van der Waals surface area (Å²) >= 11 is 0. The Bertz CT molecular complexity index is 2260. The molecule has 0 aliphatic carbocycles. The van der Waals surface area contributed by atoms with Gasteiger partial charge < -0.3 is 20.9 Å². The zero-order valence-corrected chi connectivity index (χ0v) is 30.3. The molecule has 4 aliphatic rings. The van der Waals surface area contributed by atoms with E-state index in [2.05, 4.69) is 21.0 Å². The van der Waals surface area contributed by atoms with Crippen LogP contribution in [0.15, 0.2) is 60.9 Å². The number of imide groups is 2. The smallest absolute Gasteiger partial charge is 0.264 e. The molecule has 1 unspecified atom stereocenters. The molecule has 288 valence electrons. The molecule has 0 spiro atoms. The van der Waals surface area contributed by atoms with Crippen molar-refractivity contribution in [3.63, 3.8) is 0 Å². The highest BCUT2D eigenvalue weighted by molar-refractivity contribution is 6.25. The van der Waals surface area contributed by atoms with E-state index < -0.39 is 41.3 Å². The zero-order chi connectivity index (χ0) is 38.9. The molecule has 14 nitrogen and oxygen atoms in total. The summed E-state index contributed by atoms with van der Waals surface area (Å²) in [7, 11) is 0. The van der Waals surface area contributed by atoms with Gasteiger partial charge in [-0.15, -0.1) is 0 Å². The first-order chi connectivity index (χ1) is 27.2. The number of carbonyl (C=O) groups excluding carboxylic acids is 4. The Morgan fingerprint density at radius 1 is 0.946 bits per heavy atom. The predicted octanol–water partition coefficient (Wildman–Crippen LogP) is 3.88. The lowest BCUT2D eigenvalue weighted by molar-refractivity contribution is -0.136. The van der Waals surface area contributed by atoms with Gasteiger partial charge in [-0.2, -0.15) is 0 Å². The highest BCUT2D eigenvalue weighted by atomic mass is 19.1. The van der Waals surface area contributed by atoms with E-state index in [4.69, 9.17) is 15.1 Å². The molecule has 16 heteroatoms. The first-order valence-electron chi connectivity index (χ1n) is 18.6. The maximum Gasteiger partial charge on any atom is 0.264 e. The topological polar surface area (TPSA) is 173 Å². The van der Waals surface area contributed by atoms with E-state index in [-0.39, 0.29) is 42.1 Å². The van der Waals surface area contributed by atoms with Gasteiger partial charge in [0.25, 0.3) is 11.8 Å². The molecule has 3 saturated heterocycles. The van der Waals surface area contributed by atoms with Crippen LogP contribution in [0.25, 0.3) is 27.7 Å². The molecule has 0 bridgehead atoms. The van der Waals surface area contributed by atoms with Crippen molar-refractivity contribution in [1.29, 1.82) is 5.41 Å². The van der Waals surface area contributed by atoms with Gasteiger partial charge in [-0.1, -0.05) is 18.2 Å². The number of rotatable bonds is 10. The molecule has 1 aromatic heterocycles. The summed E-state index contributed by atoms with van der Waals surface area (Å²) < 4.78 is 36.1. The molecule has 5 heterocycles. The molecule has 0 radical (unpaired) electrons. The first kappa shape index (κ1) is 37.0. The van der Waals surface area contributed by atoms with Crippen LogP contribution >= 0.6 is 0 Å². The average Bonchev–Trinajstić information content (AvgIpc) is 3.46. The Morgan fingerprint density at radius 2 is 1.68 bits per heavy atom. The fourth-order valence-electron chi connectivity index (χ4n) is 7.63. The van der Waals surface area contributed by atoms with E-state index in [1.807, 2.05) is 9.91 Å². The van der Waals surface area contributed by atoms with E-state index in [0.29, 0.717) is 91.3 Å². The number of nitrogens with one attached hydrogen (secondary N) is 4. The van der Waals surface area contributed by atoms with Crippen LogP contribution in [0, 0.1) is 17.0 Å². The Labute approximate surface area is 320 Å². The minimum atomic E-state index is -1.05. The van der Waals surface area contributed by atoms with Crippen molar-refractivity contribution in [3.05, 3.63) is 94.9 Å². The number of ether oxygens (including phenoxy) is 1. The number of hydrazine groups is 1. The second-order valence-corrected chi connectivity index (χ2v) is 14.2. The lowest BCUT2D eigenvalue weighted by Gasteiger charge is -2.33. The number of para-hydroxylation sites is 1. The predicted molar refractivity (Wildman–Crippen MR) is 202 cm³/mol. The molecular formula is C40H39F2N9O5. The van der Waals surface area contributed by atoms with Crippen molar-refractivity contribution in [3.8, 4) is 11.1 Å². The van der Waals surface area contributed by atoms with E-state index in [1.165, 1.54) is 18.3 Å². The van der Waals surface area contributed by atoms with Gasteiger partial charge >= 0.3 is 0 Å². The molecule has 0 saturated carbocycles. The van der Waals surface area contributed by atoms with Crippen LogP contribution in [0.5, 0.6) is 0 Å². The Hall–Kier alpha value is -5.97. The number of benzene rings is 3. The van der Waals surface area contributed by atoms with Gasteiger partial charge in [-0.25, -0.2) is 18.8 Å². The van der Waals surface area contributed by atoms with E-state index in [1.54, 1.807) is 48.8 Å². The Kier molecular flexibility index (Phi) is 10.3. The van der Waals surface area contributed by atoms with E-state index in [0.717, 1.165) is 4.90 Å². The summed E-state index contributed by atoms with van der Waals surface area (Å²) in [4.78, 5) is 63.2. The van der Waals surface area contributed by atoms with E-state index >= 15 is 8.78 Å². The second kappa shape index (κ2) is 15.6. The first-order valence-corrected chi connectivity index (χ1v) is 18.6. The van der Waals surface area contributed by atoms with Gasteiger partial charge in [0.2, 0.25) is 11.8 Å². The summed E-state index contributed by atoms with van der Waals surface area (Å²) in [6.45, 7) is 3.60. The molecule has 4 amide bonds. The highest BCUT2D eigenvalue weighted by Gasteiger charge is 2.45. The number of aromatic nitrogens is 2. The fourth-order valence-corrected chi connectivity index (χ4v) is 7.63. The van der Waals surface area contributed by atoms with Gasteiger partial charge in [0.1, 0.15) is 17.7 Å². The average molecular weight is 764 g/mol. The van der Waals surface area contributed by atoms with Crippen molar-refractivity contribution < 1.29 is 32.7 Å². The lowest BCUT2D eigenvalue weighted by Crippen LogP contribution is -2.54. The largest absolute Gasteiger partial charge is 0.387 e. The number of halogens is 2. The monoisotopic (exact) mass is 763 g/mol. The van der Waals surface area contributed by atoms with Crippen molar-refractivity contribution in [2.75, 3.05) is 44.8 Å². The minimum absolute atomic E-state index is 0.0120. The molecular weight excluding hydrogens is 724 g/mol. The van der Waals surface area contributed by atoms with Crippen LogP contribution in [-0.2, 0) is 20.9 Å². The zero-order valence-electron chi connectivity index (χ0n) is 30.3. The SMILES string of the molecule is N=C/C(=C\NC1CCN(Nc2cccc3c2C(=O)N(C2CCC(=O)NC2=O)C3=O)CC1)c1cnc2cccc(-c3cc(F)c(CN4CCOCC4)c(F)c3)c2n1. The summed E-state index contributed by atoms with van der Waals surface area (Å²) in [5.41, 5.74) is 6.88. The lowest BCUT2D eigenvalue weighted by atomic mass is 10.0. The van der Waals surface area contributed by atoms with Gasteiger partial charge in [-0.05, 0) is 55.2 Å². The summed E-state index contributed by atoms with van der Waals surface area (Å²) in [6, 6.07) is 11.9. The summed E-state index contributed by atoms with van der Waals surface area (Å²) in [5, 5.41) is 15.7. The number of nitrogens with zero attached hydrogens (tertiary/aromatic N) is 5. The van der Waals surface area contributed by atoms with Crippen molar-refractivity contribution in [1.82, 2.24) is 35.4 Å². The Morgan fingerprint density at radius 3 is 2.41 bits per heavy atom. The van der Waals surface area contributed by atoms with Crippen LogP contribution < -0.4 is 16.1 Å². The van der Waals surface area contributed by atoms with Gasteiger partial charge in [0.15, 0.2) is 0 Å². The number of anilines is 1. The second-order valence-electron chi connectivity index (χ2n) is 14.2. The summed E-state index contributed by atoms with van der Waals surface area (Å²) in [6.07, 6.45) is 5.98. The quantitative estimate of drug-likeness (QED) is 0.137. The maximum absolute atomic E-state index is 15.4. The van der Waals surface area contributed by atoms with Crippen LogP contribution in [0.2, 0.25) is 0 Å². The standard InChI is InChI=1S/C40H39F2N9O5/c41-29-17-23(18-30(42)28(29)22-49-13-15-56-16-14-49)26-3-1-6-32-37(26)46-33(21-45-32)24(19-43)20-44-25-9-11-50(12-10-25)48-31-5-2-4-27-36(31)40(55)51(39(27)54)34-7-8-35(52)47-38(34)53/h1-6,17-21,25,34,43-44,48H,7-16,22H2,(H,47,52,53)/b24-20+,43-19?. The number of hydrogen-bond donors (Lipinski definition) is 4. The molecule has 4 aromatic rings. The van der Waals surface area contributed by atoms with Crippen LogP contribution in [-0.4, -0.2) is 106 Å². The summed E-state index contributed by atoms with van der Waals surface area (Å²) in [5.74, 6) is -3.50. The number of allylic oxidation sites excluding steroid dienone is 1. The molecule has 3 aromatic carbocycles. The van der Waals surface area contributed by atoms with Gasteiger partial charge in [-0.3, -0.25) is 39.3 Å². The molecule has 4 N–H and O–H groups in total. The number of morpholine rings is 1. The Balaban J connectivity index is 0.930.